The topological polar surface area (TPSA) is 44.5 Å². The van der Waals surface area contributed by atoms with Crippen LogP contribution in [0.15, 0.2) is 18.2 Å². The van der Waals surface area contributed by atoms with Gasteiger partial charge >= 0.3 is 6.61 Å². The molecule has 0 bridgehead atoms. The maximum atomic E-state index is 12.2. The molecule has 1 aromatic rings. The van der Waals surface area contributed by atoms with Crippen molar-refractivity contribution in [2.45, 2.75) is 31.0 Å². The highest BCUT2D eigenvalue weighted by atomic mass is 32.2. The van der Waals surface area contributed by atoms with Crippen molar-refractivity contribution in [3.8, 4) is 11.5 Å². The number of methoxy groups -OCH3 is 1. The number of nitrogens with two attached hydrogens (primary N) is 1. The zero-order chi connectivity index (χ0) is 14.3. The summed E-state index contributed by atoms with van der Waals surface area (Å²) in [6, 6.07) is 5.00. The lowest BCUT2D eigenvalue weighted by Gasteiger charge is -2.13. The summed E-state index contributed by atoms with van der Waals surface area (Å²) >= 11 is 1.77. The highest BCUT2D eigenvalue weighted by Crippen LogP contribution is 2.31. The molecule has 0 spiro atoms. The fraction of sp³-hybridized carbons (Fsp3) is 0.538. The average Bonchev–Trinajstić information content (AvgIpc) is 2.37. The second-order valence-electron chi connectivity index (χ2n) is 4.06. The van der Waals surface area contributed by atoms with E-state index in [1.54, 1.807) is 23.9 Å². The third kappa shape index (κ3) is 5.65. The van der Waals surface area contributed by atoms with Gasteiger partial charge in [-0.2, -0.15) is 20.5 Å². The minimum atomic E-state index is -2.85. The molecule has 0 aromatic heterocycles. The largest absolute Gasteiger partial charge is 0.493 e. The van der Waals surface area contributed by atoms with Crippen molar-refractivity contribution in [2.24, 2.45) is 5.73 Å². The molecule has 0 aliphatic carbocycles. The summed E-state index contributed by atoms with van der Waals surface area (Å²) in [6.45, 7) is -0.0690. The summed E-state index contributed by atoms with van der Waals surface area (Å²) in [5.41, 5.74) is 6.50. The van der Waals surface area contributed by atoms with Gasteiger partial charge in [0, 0.05) is 11.0 Å². The lowest BCUT2D eigenvalue weighted by atomic mass is 10.2. The molecule has 1 rings (SSSR count). The summed E-state index contributed by atoms with van der Waals surface area (Å²) in [6.07, 6.45) is 0.953. The third-order valence-corrected chi connectivity index (χ3v) is 3.86. The Balaban J connectivity index is 2.65. The van der Waals surface area contributed by atoms with Crippen LogP contribution in [0.1, 0.15) is 18.9 Å². The maximum absolute atomic E-state index is 12.2. The fourth-order valence-corrected chi connectivity index (χ4v) is 2.51. The minimum Gasteiger partial charge on any atom is -0.493 e. The first kappa shape index (κ1) is 16.0. The van der Waals surface area contributed by atoms with Crippen LogP contribution in [0.3, 0.4) is 0 Å². The molecule has 0 aliphatic rings. The van der Waals surface area contributed by atoms with Crippen LogP contribution in [-0.4, -0.2) is 25.5 Å². The molecule has 0 saturated carbocycles. The highest BCUT2D eigenvalue weighted by molar-refractivity contribution is 7.99. The Morgan fingerprint density at radius 2 is 2.05 bits per heavy atom. The average molecular weight is 291 g/mol. The maximum Gasteiger partial charge on any atom is 0.387 e. The van der Waals surface area contributed by atoms with Gasteiger partial charge in [-0.3, -0.25) is 0 Å². The smallest absolute Gasteiger partial charge is 0.387 e. The number of benzene rings is 1. The molecule has 0 heterocycles. The third-order valence-electron chi connectivity index (χ3n) is 2.55. The summed E-state index contributed by atoms with van der Waals surface area (Å²) in [4.78, 5) is 0. The van der Waals surface area contributed by atoms with E-state index in [0.717, 1.165) is 17.7 Å². The van der Waals surface area contributed by atoms with Gasteiger partial charge in [0.25, 0.3) is 0 Å². The predicted molar refractivity (Wildman–Crippen MR) is 74.1 cm³/mol. The van der Waals surface area contributed by atoms with Gasteiger partial charge in [0.2, 0.25) is 0 Å². The normalized spacial score (nSPS) is 12.5. The molecule has 1 unspecified atom stereocenters. The van der Waals surface area contributed by atoms with Crippen LogP contribution in [0.4, 0.5) is 8.78 Å². The van der Waals surface area contributed by atoms with E-state index in [4.69, 9.17) is 10.5 Å². The second kappa shape index (κ2) is 8.22. The standard InChI is InChI=1S/C13H19F2NO2S/c1-9(5-6-16)19-8-10-3-4-11(18-13(14)15)12(7-10)17-2/h3-4,7,9,13H,5-6,8,16H2,1-2H3. The number of ether oxygens (including phenoxy) is 2. The Hall–Kier alpha value is -1.01. The first-order valence-corrected chi connectivity index (χ1v) is 7.05. The molecule has 1 aromatic carbocycles. The van der Waals surface area contributed by atoms with Crippen molar-refractivity contribution in [1.29, 1.82) is 0 Å². The molecule has 6 heteroatoms. The monoisotopic (exact) mass is 291 g/mol. The number of thioether (sulfide) groups is 1. The number of hydrogen-bond acceptors (Lipinski definition) is 4. The van der Waals surface area contributed by atoms with Gasteiger partial charge in [-0.05, 0) is 30.7 Å². The van der Waals surface area contributed by atoms with E-state index in [9.17, 15) is 8.78 Å². The first-order valence-electron chi connectivity index (χ1n) is 6.00. The SMILES string of the molecule is COc1cc(CSC(C)CCN)ccc1OC(F)F. The Bertz CT molecular complexity index is 391. The van der Waals surface area contributed by atoms with Crippen LogP contribution in [0, 0.1) is 0 Å². The number of halogens is 2. The molecule has 0 saturated heterocycles. The number of rotatable bonds is 8. The van der Waals surface area contributed by atoms with Crippen molar-refractivity contribution in [2.75, 3.05) is 13.7 Å². The van der Waals surface area contributed by atoms with Gasteiger partial charge in [-0.15, -0.1) is 0 Å². The molecular formula is C13H19F2NO2S. The Kier molecular flexibility index (Phi) is 6.94. The molecule has 0 fully saturated rings. The van der Waals surface area contributed by atoms with E-state index in [2.05, 4.69) is 11.7 Å². The molecule has 19 heavy (non-hydrogen) atoms. The molecular weight excluding hydrogens is 272 g/mol. The van der Waals surface area contributed by atoms with E-state index < -0.39 is 6.61 Å². The van der Waals surface area contributed by atoms with Gasteiger partial charge in [0.15, 0.2) is 11.5 Å². The molecule has 2 N–H and O–H groups in total. The summed E-state index contributed by atoms with van der Waals surface area (Å²) in [5, 5.41) is 0.466. The van der Waals surface area contributed by atoms with Gasteiger partial charge < -0.3 is 15.2 Å². The fourth-order valence-electron chi connectivity index (χ4n) is 1.55. The first-order chi connectivity index (χ1) is 9.06. The van der Waals surface area contributed by atoms with Crippen LogP contribution in [-0.2, 0) is 5.75 Å². The van der Waals surface area contributed by atoms with E-state index in [1.165, 1.54) is 13.2 Å². The van der Waals surface area contributed by atoms with Crippen molar-refractivity contribution in [3.63, 3.8) is 0 Å². The van der Waals surface area contributed by atoms with E-state index in [0.29, 0.717) is 17.5 Å². The van der Waals surface area contributed by atoms with Gasteiger partial charge in [0.05, 0.1) is 7.11 Å². The van der Waals surface area contributed by atoms with Crippen molar-refractivity contribution < 1.29 is 18.3 Å². The Labute approximate surface area is 116 Å². The number of hydrogen-bond donors (Lipinski definition) is 1. The van der Waals surface area contributed by atoms with E-state index >= 15 is 0 Å². The van der Waals surface area contributed by atoms with Crippen LogP contribution in [0.5, 0.6) is 11.5 Å². The van der Waals surface area contributed by atoms with Crippen molar-refractivity contribution in [1.82, 2.24) is 0 Å². The lowest BCUT2D eigenvalue weighted by molar-refractivity contribution is -0.0512. The quantitative estimate of drug-likeness (QED) is 0.798. The van der Waals surface area contributed by atoms with E-state index in [1.807, 2.05) is 0 Å². The Morgan fingerprint density at radius 1 is 1.32 bits per heavy atom. The molecule has 108 valence electrons. The molecule has 0 radical (unpaired) electrons. The van der Waals surface area contributed by atoms with Gasteiger partial charge in [-0.1, -0.05) is 13.0 Å². The van der Waals surface area contributed by atoms with Gasteiger partial charge in [-0.25, -0.2) is 0 Å². The Morgan fingerprint density at radius 3 is 2.63 bits per heavy atom. The second-order valence-corrected chi connectivity index (χ2v) is 5.49. The van der Waals surface area contributed by atoms with Crippen LogP contribution >= 0.6 is 11.8 Å². The predicted octanol–water partition coefficient (Wildman–Crippen LogP) is 3.27. The lowest BCUT2D eigenvalue weighted by Crippen LogP contribution is -2.07. The summed E-state index contributed by atoms with van der Waals surface area (Å²) in [5.74, 6) is 1.16. The zero-order valence-corrected chi connectivity index (χ0v) is 11.9. The van der Waals surface area contributed by atoms with Crippen molar-refractivity contribution >= 4 is 11.8 Å². The van der Waals surface area contributed by atoms with Crippen LogP contribution in [0.2, 0.25) is 0 Å². The van der Waals surface area contributed by atoms with E-state index in [-0.39, 0.29) is 5.75 Å². The highest BCUT2D eigenvalue weighted by Gasteiger charge is 2.11. The van der Waals surface area contributed by atoms with Gasteiger partial charge in [0.1, 0.15) is 0 Å². The number of alkyl halides is 2. The van der Waals surface area contributed by atoms with Crippen molar-refractivity contribution in [3.05, 3.63) is 23.8 Å². The molecule has 1 atom stereocenters. The summed E-state index contributed by atoms with van der Waals surface area (Å²) < 4.78 is 33.8. The zero-order valence-electron chi connectivity index (χ0n) is 11.1. The van der Waals surface area contributed by atoms with Crippen LogP contribution in [0.25, 0.3) is 0 Å². The molecule has 3 nitrogen and oxygen atoms in total. The molecule has 0 amide bonds. The van der Waals surface area contributed by atoms with Crippen LogP contribution < -0.4 is 15.2 Å². The minimum absolute atomic E-state index is 0.0567. The molecule has 0 aliphatic heterocycles. The summed E-state index contributed by atoms with van der Waals surface area (Å²) in [7, 11) is 1.43.